The first kappa shape index (κ1) is 23.6. The third kappa shape index (κ3) is 4.72. The quantitative estimate of drug-likeness (QED) is 0.549. The van der Waals surface area contributed by atoms with Crippen molar-refractivity contribution in [1.82, 2.24) is 19.7 Å². The van der Waals surface area contributed by atoms with Gasteiger partial charge in [-0.2, -0.15) is 8.42 Å². The molecule has 0 aliphatic carbocycles. The van der Waals surface area contributed by atoms with Crippen LogP contribution >= 0.6 is 0 Å². The molecule has 1 atom stereocenters. The average Bonchev–Trinajstić information content (AvgIpc) is 3.06. The first-order valence-electron chi connectivity index (χ1n) is 11.0. The van der Waals surface area contributed by atoms with Crippen LogP contribution in [0.25, 0.3) is 0 Å². The molecule has 4 heterocycles. The molecule has 34 heavy (non-hydrogen) atoms. The molecule has 0 radical (unpaired) electrons. The molecule has 1 saturated heterocycles. The van der Waals surface area contributed by atoms with Gasteiger partial charge in [-0.1, -0.05) is 13.0 Å². The topological polar surface area (TPSA) is 117 Å². The van der Waals surface area contributed by atoms with Crippen molar-refractivity contribution in [2.45, 2.75) is 44.7 Å². The first-order chi connectivity index (χ1) is 16.1. The van der Waals surface area contributed by atoms with Crippen LogP contribution in [-0.4, -0.2) is 41.4 Å². The zero-order valence-corrected chi connectivity index (χ0v) is 20.4. The van der Waals surface area contributed by atoms with Crippen LogP contribution in [0.2, 0.25) is 0 Å². The lowest BCUT2D eigenvalue weighted by atomic mass is 9.90. The average molecular weight is 481 g/mol. The number of nitrogens with one attached hydrogen (secondary N) is 2. The summed E-state index contributed by atoms with van der Waals surface area (Å²) in [5.41, 5.74) is 0.982. The zero-order chi connectivity index (χ0) is 24.5. The maximum Gasteiger partial charge on any atom is 0.281 e. The van der Waals surface area contributed by atoms with Crippen molar-refractivity contribution < 1.29 is 13.2 Å². The minimum absolute atomic E-state index is 0.200. The Balaban J connectivity index is 1.58. The summed E-state index contributed by atoms with van der Waals surface area (Å²) in [7, 11) is -4.23. The molecule has 1 aliphatic heterocycles. The van der Waals surface area contributed by atoms with Gasteiger partial charge in [0.05, 0.1) is 5.56 Å². The van der Waals surface area contributed by atoms with E-state index in [1.165, 1.54) is 6.07 Å². The van der Waals surface area contributed by atoms with E-state index in [0.29, 0.717) is 23.4 Å². The summed E-state index contributed by atoms with van der Waals surface area (Å²) in [4.78, 5) is 28.0. The van der Waals surface area contributed by atoms with E-state index in [0.717, 1.165) is 18.5 Å². The number of sulfonamides is 1. The monoisotopic (exact) mass is 480 g/mol. The standard InChI is InChI=1S/C24H28N6O3S/c1-16-10-13-25-20(15-16)27-19-8-5-9-21(28-19)34(32,33)29-23(31)18-7-6-12-26-22(18)30-14-11-17(2)24(30,3)4/h5-10,12-13,15,17H,11,14H2,1-4H3,(H,29,31)(H,25,27,28). The number of hydrogen-bond donors (Lipinski definition) is 2. The lowest BCUT2D eigenvalue weighted by Crippen LogP contribution is -2.43. The number of aryl methyl sites for hydroxylation is 1. The third-order valence-corrected chi connectivity index (χ3v) is 7.60. The minimum atomic E-state index is -4.23. The van der Waals surface area contributed by atoms with Crippen LogP contribution in [0.4, 0.5) is 17.5 Å². The van der Waals surface area contributed by atoms with E-state index in [9.17, 15) is 13.2 Å². The van der Waals surface area contributed by atoms with Gasteiger partial charge < -0.3 is 10.2 Å². The van der Waals surface area contributed by atoms with Gasteiger partial charge in [-0.25, -0.2) is 19.7 Å². The predicted octanol–water partition coefficient (Wildman–Crippen LogP) is 3.67. The fraction of sp³-hybridized carbons (Fsp3) is 0.333. The summed E-state index contributed by atoms with van der Waals surface area (Å²) in [6, 6.07) is 11.4. The van der Waals surface area contributed by atoms with Gasteiger partial charge in [-0.05, 0) is 75.1 Å². The van der Waals surface area contributed by atoms with Crippen LogP contribution in [0, 0.1) is 12.8 Å². The number of carbonyl (C=O) groups excluding carboxylic acids is 1. The molecule has 1 amide bonds. The van der Waals surface area contributed by atoms with E-state index >= 15 is 0 Å². The van der Waals surface area contributed by atoms with E-state index in [1.54, 1.807) is 36.7 Å². The number of anilines is 3. The zero-order valence-electron chi connectivity index (χ0n) is 19.6. The Hall–Kier alpha value is -3.53. The maximum atomic E-state index is 13.1. The largest absolute Gasteiger partial charge is 0.351 e. The Labute approximate surface area is 199 Å². The summed E-state index contributed by atoms with van der Waals surface area (Å²) < 4.78 is 28.2. The predicted molar refractivity (Wildman–Crippen MR) is 131 cm³/mol. The highest BCUT2D eigenvalue weighted by Gasteiger charge is 2.40. The summed E-state index contributed by atoms with van der Waals surface area (Å²) in [5.74, 6) is 0.950. The number of nitrogens with zero attached hydrogens (tertiary/aromatic N) is 4. The van der Waals surface area contributed by atoms with Crippen molar-refractivity contribution in [2.75, 3.05) is 16.8 Å². The Morgan fingerprint density at radius 3 is 2.59 bits per heavy atom. The van der Waals surface area contributed by atoms with Crippen molar-refractivity contribution in [3.05, 3.63) is 66.0 Å². The van der Waals surface area contributed by atoms with Gasteiger partial charge in [0.2, 0.25) is 0 Å². The summed E-state index contributed by atoms with van der Waals surface area (Å²) in [6.07, 6.45) is 4.21. The summed E-state index contributed by atoms with van der Waals surface area (Å²) in [6.45, 7) is 9.02. The summed E-state index contributed by atoms with van der Waals surface area (Å²) >= 11 is 0. The highest BCUT2D eigenvalue weighted by atomic mass is 32.2. The molecule has 178 valence electrons. The van der Waals surface area contributed by atoms with Crippen LogP contribution in [-0.2, 0) is 10.0 Å². The van der Waals surface area contributed by atoms with Crippen LogP contribution in [0.15, 0.2) is 59.9 Å². The molecule has 2 N–H and O–H groups in total. The van der Waals surface area contributed by atoms with Crippen LogP contribution in [0.5, 0.6) is 0 Å². The maximum absolute atomic E-state index is 13.1. The highest BCUT2D eigenvalue weighted by molar-refractivity contribution is 7.90. The van der Waals surface area contributed by atoms with Gasteiger partial charge in [0.25, 0.3) is 15.9 Å². The lowest BCUT2D eigenvalue weighted by molar-refractivity contribution is 0.0981. The highest BCUT2D eigenvalue weighted by Crippen LogP contribution is 2.38. The van der Waals surface area contributed by atoms with Crippen LogP contribution in [0.3, 0.4) is 0 Å². The molecule has 10 heteroatoms. The Bertz CT molecular complexity index is 1330. The number of rotatable bonds is 6. The smallest absolute Gasteiger partial charge is 0.281 e. The van der Waals surface area contributed by atoms with E-state index in [4.69, 9.17) is 0 Å². The SMILES string of the molecule is Cc1ccnc(Nc2cccc(S(=O)(=O)NC(=O)c3cccnc3N3CCC(C)C3(C)C)n2)c1. The molecular formula is C24H28N6O3S. The number of pyridine rings is 3. The first-order valence-corrected chi connectivity index (χ1v) is 12.5. The normalized spacial score (nSPS) is 17.4. The van der Waals surface area contributed by atoms with Crippen molar-refractivity contribution in [3.8, 4) is 0 Å². The third-order valence-electron chi connectivity index (χ3n) is 6.37. The van der Waals surface area contributed by atoms with Gasteiger partial charge in [-0.15, -0.1) is 0 Å². The second-order valence-corrected chi connectivity index (χ2v) is 10.6. The number of carbonyl (C=O) groups is 1. The number of amides is 1. The van der Waals surface area contributed by atoms with Gasteiger partial charge in [0.15, 0.2) is 5.03 Å². The van der Waals surface area contributed by atoms with E-state index in [-0.39, 0.29) is 16.1 Å². The van der Waals surface area contributed by atoms with Crippen molar-refractivity contribution in [1.29, 1.82) is 0 Å². The van der Waals surface area contributed by atoms with Gasteiger partial charge in [-0.3, -0.25) is 4.79 Å². The van der Waals surface area contributed by atoms with Crippen molar-refractivity contribution in [3.63, 3.8) is 0 Å². The van der Waals surface area contributed by atoms with E-state index < -0.39 is 15.9 Å². The Morgan fingerprint density at radius 1 is 1.09 bits per heavy atom. The fourth-order valence-electron chi connectivity index (χ4n) is 4.00. The summed E-state index contributed by atoms with van der Waals surface area (Å²) in [5, 5.41) is 2.71. The van der Waals surface area contributed by atoms with Gasteiger partial charge >= 0.3 is 0 Å². The van der Waals surface area contributed by atoms with Crippen molar-refractivity contribution in [2.24, 2.45) is 5.92 Å². The van der Waals surface area contributed by atoms with E-state index in [2.05, 4.69) is 50.7 Å². The molecule has 1 unspecified atom stereocenters. The number of hydrogen-bond acceptors (Lipinski definition) is 8. The Morgan fingerprint density at radius 2 is 1.88 bits per heavy atom. The second kappa shape index (κ2) is 9.02. The Kier molecular flexibility index (Phi) is 6.26. The molecule has 3 aromatic rings. The second-order valence-electron chi connectivity index (χ2n) is 9.01. The van der Waals surface area contributed by atoms with Gasteiger partial charge in [0, 0.05) is 24.5 Å². The molecule has 0 saturated carbocycles. The lowest BCUT2D eigenvalue weighted by Gasteiger charge is -2.36. The molecule has 0 spiro atoms. The van der Waals surface area contributed by atoms with Crippen LogP contribution < -0.4 is 14.9 Å². The van der Waals surface area contributed by atoms with Gasteiger partial charge in [0.1, 0.15) is 17.5 Å². The molecule has 9 nitrogen and oxygen atoms in total. The molecule has 0 bridgehead atoms. The number of aromatic nitrogens is 3. The molecule has 1 fully saturated rings. The molecule has 1 aliphatic rings. The van der Waals surface area contributed by atoms with E-state index in [1.807, 2.05) is 19.1 Å². The molecule has 3 aromatic heterocycles. The minimum Gasteiger partial charge on any atom is -0.351 e. The molecule has 4 rings (SSSR count). The molecular weight excluding hydrogens is 452 g/mol. The van der Waals surface area contributed by atoms with Crippen molar-refractivity contribution >= 4 is 33.4 Å². The molecule has 0 aromatic carbocycles. The fourth-order valence-corrected chi connectivity index (χ4v) is 4.93. The van der Waals surface area contributed by atoms with Crippen LogP contribution in [0.1, 0.15) is 43.1 Å².